The number of benzene rings is 2. The summed E-state index contributed by atoms with van der Waals surface area (Å²) in [4.78, 5) is -1.13. The van der Waals surface area contributed by atoms with Crippen LogP contribution in [0, 0.1) is 10.8 Å². The van der Waals surface area contributed by atoms with Crippen LogP contribution in [0.1, 0.15) is 70.6 Å². The van der Waals surface area contributed by atoms with Gasteiger partial charge in [-0.2, -0.15) is 26.3 Å². The molecule has 0 fully saturated rings. The minimum absolute atomic E-state index is 0.0257. The summed E-state index contributed by atoms with van der Waals surface area (Å²) in [6.45, 7) is 12.6. The van der Waals surface area contributed by atoms with Crippen LogP contribution < -0.4 is 4.72 Å². The molecule has 3 nitrogen and oxygen atoms in total. The molecule has 0 saturated carbocycles. The van der Waals surface area contributed by atoms with Crippen LogP contribution in [-0.2, 0) is 22.4 Å². The molecule has 0 heterocycles. The maximum absolute atomic E-state index is 13.1. The van der Waals surface area contributed by atoms with Gasteiger partial charge < -0.3 is 0 Å². The summed E-state index contributed by atoms with van der Waals surface area (Å²) in [6.07, 6.45) is -9.45. The largest absolute Gasteiger partial charge is 0.416 e. The fraction of sp³-hybridized carbons (Fsp3) is 0.500. The number of hydrogen-bond acceptors (Lipinski definition) is 2. The van der Waals surface area contributed by atoms with E-state index in [1.165, 1.54) is 12.1 Å². The lowest BCUT2D eigenvalue weighted by atomic mass is 9.69. The van der Waals surface area contributed by atoms with E-state index in [-0.39, 0.29) is 40.6 Å². The van der Waals surface area contributed by atoms with Gasteiger partial charge >= 0.3 is 12.4 Å². The highest BCUT2D eigenvalue weighted by molar-refractivity contribution is 7.92. The molecule has 0 spiro atoms. The first-order valence-electron chi connectivity index (χ1n) is 10.5. The Morgan fingerprint density at radius 1 is 0.765 bits per heavy atom. The fourth-order valence-corrected chi connectivity index (χ4v) is 4.74. The van der Waals surface area contributed by atoms with Crippen molar-refractivity contribution in [1.29, 1.82) is 0 Å². The minimum atomic E-state index is -5.15. The summed E-state index contributed by atoms with van der Waals surface area (Å²) < 4.78 is 106. The quantitative estimate of drug-likeness (QED) is 0.414. The van der Waals surface area contributed by atoms with Crippen molar-refractivity contribution in [3.05, 3.63) is 59.2 Å². The molecule has 0 radical (unpaired) electrons. The van der Waals surface area contributed by atoms with Crippen LogP contribution in [0.5, 0.6) is 0 Å². The third-order valence-electron chi connectivity index (χ3n) is 5.30. The molecular weight excluding hydrogens is 480 g/mol. The van der Waals surface area contributed by atoms with Crippen LogP contribution in [0.2, 0.25) is 0 Å². The molecule has 0 aliphatic rings. The van der Waals surface area contributed by atoms with Gasteiger partial charge in [-0.05, 0) is 59.1 Å². The first kappa shape index (κ1) is 28.0. The number of sulfonamides is 1. The summed E-state index contributed by atoms with van der Waals surface area (Å²) in [5.41, 5.74) is -2.50. The predicted octanol–water partition coefficient (Wildman–Crippen LogP) is 8.09. The van der Waals surface area contributed by atoms with E-state index in [1.54, 1.807) is 12.1 Å². The molecule has 0 amide bonds. The molecule has 10 heteroatoms. The lowest BCUT2D eigenvalue weighted by molar-refractivity contribution is -0.143. The molecule has 0 saturated heterocycles. The summed E-state index contributed by atoms with van der Waals surface area (Å²) in [6, 6.07) is 6.59. The minimum Gasteiger partial charge on any atom is -0.280 e. The first-order valence-corrected chi connectivity index (χ1v) is 12.0. The Bertz CT molecular complexity index is 1070. The lowest BCUT2D eigenvalue weighted by Gasteiger charge is -2.36. The average Bonchev–Trinajstić information content (AvgIpc) is 2.63. The highest BCUT2D eigenvalue weighted by Crippen LogP contribution is 2.43. The number of nitrogens with one attached hydrogen (secondary N) is 1. The van der Waals surface area contributed by atoms with E-state index in [0.29, 0.717) is 0 Å². The Labute approximate surface area is 196 Å². The second kappa shape index (κ2) is 9.09. The molecule has 0 bridgehead atoms. The Kier molecular flexibility index (Phi) is 7.49. The first-order chi connectivity index (χ1) is 15.1. The van der Waals surface area contributed by atoms with E-state index in [0.717, 1.165) is 12.0 Å². The van der Waals surface area contributed by atoms with E-state index < -0.39 is 38.4 Å². The molecule has 2 rings (SSSR count). The Morgan fingerprint density at radius 2 is 1.21 bits per heavy atom. The van der Waals surface area contributed by atoms with Crippen molar-refractivity contribution in [2.45, 2.75) is 71.1 Å². The average molecular weight is 510 g/mol. The van der Waals surface area contributed by atoms with Crippen molar-refractivity contribution in [3.8, 4) is 0 Å². The summed E-state index contributed by atoms with van der Waals surface area (Å²) >= 11 is 0. The van der Waals surface area contributed by atoms with Crippen LogP contribution in [0.4, 0.5) is 32.0 Å². The van der Waals surface area contributed by atoms with Gasteiger partial charge in [-0.1, -0.05) is 53.7 Å². The second-order valence-corrected chi connectivity index (χ2v) is 12.3. The molecule has 0 aromatic heterocycles. The van der Waals surface area contributed by atoms with Gasteiger partial charge in [0.2, 0.25) is 0 Å². The van der Waals surface area contributed by atoms with Gasteiger partial charge in [-0.25, -0.2) is 8.42 Å². The van der Waals surface area contributed by atoms with Gasteiger partial charge in [-0.15, -0.1) is 0 Å². The predicted molar refractivity (Wildman–Crippen MR) is 120 cm³/mol. The van der Waals surface area contributed by atoms with Crippen molar-refractivity contribution >= 4 is 15.7 Å². The Balaban J connectivity index is 2.42. The summed E-state index contributed by atoms with van der Waals surface area (Å²) in [7, 11) is -4.72. The number of rotatable bonds is 5. The van der Waals surface area contributed by atoms with Crippen molar-refractivity contribution in [2.75, 3.05) is 4.72 Å². The normalized spacial score (nSPS) is 14.7. The third-order valence-corrected chi connectivity index (χ3v) is 6.66. The van der Waals surface area contributed by atoms with Crippen LogP contribution in [0.3, 0.4) is 0 Å². The van der Waals surface area contributed by atoms with E-state index >= 15 is 0 Å². The highest BCUT2D eigenvalue weighted by atomic mass is 32.2. The molecule has 1 unspecified atom stereocenters. The fourth-order valence-electron chi connectivity index (χ4n) is 3.62. The van der Waals surface area contributed by atoms with Gasteiger partial charge in [0.1, 0.15) is 0 Å². The molecule has 2 aromatic carbocycles. The third kappa shape index (κ3) is 7.38. The van der Waals surface area contributed by atoms with E-state index in [4.69, 9.17) is 0 Å². The number of hydrogen-bond donors (Lipinski definition) is 1. The van der Waals surface area contributed by atoms with Gasteiger partial charge in [0.05, 0.1) is 16.0 Å². The molecular formula is C24H29F6NO2S. The molecule has 0 aliphatic carbocycles. The molecule has 190 valence electrons. The highest BCUT2D eigenvalue weighted by Gasteiger charge is 2.38. The summed E-state index contributed by atoms with van der Waals surface area (Å²) in [5.74, 6) is 0.135. The summed E-state index contributed by atoms with van der Waals surface area (Å²) in [5, 5.41) is 0. The molecule has 0 aliphatic heterocycles. The van der Waals surface area contributed by atoms with Gasteiger partial charge in [0, 0.05) is 5.69 Å². The standard InChI is InChI=1S/C24H29F6NO2S/c1-21(2,3)14-20(22(4,5)6)15-7-9-18(10-8-15)31-34(32,33)19-12-16(23(25,26)27)11-17(13-19)24(28,29)30/h7-13,20,31H,14H2,1-6H3. The SMILES string of the molecule is CC(C)(C)CC(c1ccc(NS(=O)(=O)c2cc(C(F)(F)F)cc(C(F)(F)F)c2)cc1)C(C)(C)C. The Morgan fingerprint density at radius 3 is 1.56 bits per heavy atom. The second-order valence-electron chi connectivity index (χ2n) is 10.7. The monoisotopic (exact) mass is 509 g/mol. The smallest absolute Gasteiger partial charge is 0.280 e. The molecule has 1 atom stereocenters. The maximum Gasteiger partial charge on any atom is 0.416 e. The molecule has 34 heavy (non-hydrogen) atoms. The van der Waals surface area contributed by atoms with Crippen molar-refractivity contribution in [1.82, 2.24) is 0 Å². The zero-order valence-corrected chi connectivity index (χ0v) is 20.6. The van der Waals surface area contributed by atoms with Crippen LogP contribution >= 0.6 is 0 Å². The van der Waals surface area contributed by atoms with Gasteiger partial charge in [-0.3, -0.25) is 4.72 Å². The molecule has 2 aromatic rings. The molecule has 1 N–H and O–H groups in total. The van der Waals surface area contributed by atoms with Crippen LogP contribution in [0.25, 0.3) is 0 Å². The van der Waals surface area contributed by atoms with Crippen molar-refractivity contribution in [3.63, 3.8) is 0 Å². The van der Waals surface area contributed by atoms with Crippen LogP contribution in [0.15, 0.2) is 47.4 Å². The number of alkyl halides is 6. The van der Waals surface area contributed by atoms with E-state index in [1.807, 2.05) is 0 Å². The number of halogens is 6. The van der Waals surface area contributed by atoms with E-state index in [2.05, 4.69) is 46.3 Å². The topological polar surface area (TPSA) is 46.2 Å². The van der Waals surface area contributed by atoms with Crippen molar-refractivity contribution in [2.24, 2.45) is 10.8 Å². The zero-order valence-electron chi connectivity index (χ0n) is 19.8. The zero-order chi connectivity index (χ0) is 26.3. The lowest BCUT2D eigenvalue weighted by Crippen LogP contribution is -2.23. The maximum atomic E-state index is 13.1. The van der Waals surface area contributed by atoms with E-state index in [9.17, 15) is 34.8 Å². The van der Waals surface area contributed by atoms with Crippen LogP contribution in [-0.4, -0.2) is 8.42 Å². The number of anilines is 1. The van der Waals surface area contributed by atoms with Crippen molar-refractivity contribution < 1.29 is 34.8 Å². The Hall–Kier alpha value is -2.23. The van der Waals surface area contributed by atoms with Gasteiger partial charge in [0.25, 0.3) is 10.0 Å². The van der Waals surface area contributed by atoms with Gasteiger partial charge in [0.15, 0.2) is 0 Å².